The van der Waals surface area contributed by atoms with Gasteiger partial charge in [0, 0.05) is 28.9 Å². The van der Waals surface area contributed by atoms with Gasteiger partial charge in [-0.2, -0.15) is 0 Å². The van der Waals surface area contributed by atoms with E-state index in [-0.39, 0.29) is 11.5 Å². The van der Waals surface area contributed by atoms with E-state index in [0.717, 1.165) is 0 Å². The second-order valence-electron chi connectivity index (χ2n) is 3.01. The van der Waals surface area contributed by atoms with Crippen molar-refractivity contribution in [3.8, 4) is 0 Å². The zero-order valence-electron chi connectivity index (χ0n) is 8.20. The molecule has 0 aliphatic rings. The maximum atomic E-state index is 11.4. The number of hydrogen-bond acceptors (Lipinski definition) is 3. The van der Waals surface area contributed by atoms with E-state index in [4.69, 9.17) is 0 Å². The largest absolute Gasteiger partial charge is 0.294 e. The number of hydrogen-bond donors (Lipinski definition) is 0. The monoisotopic (exact) mass is 271 g/mol. The molecule has 0 heterocycles. The number of nitro groups is 1. The standard InChI is InChI=1S/C10H10BrNO3/c1-2-10(13)7-3-4-8(6-11)9(5-7)12(14)15/h3-5H,2,6H2,1H3. The summed E-state index contributed by atoms with van der Waals surface area (Å²) in [6.07, 6.45) is 0.352. The minimum absolute atomic E-state index is 0.00817. The van der Waals surface area contributed by atoms with Crippen molar-refractivity contribution in [3.05, 3.63) is 39.4 Å². The van der Waals surface area contributed by atoms with Crippen LogP contribution in [-0.2, 0) is 5.33 Å². The van der Waals surface area contributed by atoms with Crippen LogP contribution in [-0.4, -0.2) is 10.7 Å². The Bertz CT molecular complexity index is 404. The van der Waals surface area contributed by atoms with Gasteiger partial charge in [0.05, 0.1) is 4.92 Å². The first-order chi connectivity index (χ1) is 7.10. The van der Waals surface area contributed by atoms with Crippen LogP contribution in [0.25, 0.3) is 0 Å². The first kappa shape index (κ1) is 11.8. The van der Waals surface area contributed by atoms with E-state index in [2.05, 4.69) is 15.9 Å². The molecule has 0 atom stereocenters. The topological polar surface area (TPSA) is 60.2 Å². The minimum atomic E-state index is -0.469. The maximum Gasteiger partial charge on any atom is 0.274 e. The third-order valence-electron chi connectivity index (χ3n) is 2.07. The minimum Gasteiger partial charge on any atom is -0.294 e. The summed E-state index contributed by atoms with van der Waals surface area (Å²) in [6, 6.07) is 4.56. The Morgan fingerprint density at radius 2 is 2.20 bits per heavy atom. The molecule has 4 nitrogen and oxygen atoms in total. The second kappa shape index (κ2) is 5.02. The van der Waals surface area contributed by atoms with Crippen LogP contribution in [0.15, 0.2) is 18.2 Å². The number of ketones is 1. The molecular weight excluding hydrogens is 262 g/mol. The third-order valence-corrected chi connectivity index (χ3v) is 2.67. The number of alkyl halides is 1. The quantitative estimate of drug-likeness (QED) is 0.366. The summed E-state index contributed by atoms with van der Waals surface area (Å²) in [6.45, 7) is 1.73. The van der Waals surface area contributed by atoms with E-state index in [9.17, 15) is 14.9 Å². The Morgan fingerprint density at radius 3 is 2.67 bits per heavy atom. The highest BCUT2D eigenvalue weighted by molar-refractivity contribution is 9.08. The molecule has 0 saturated heterocycles. The van der Waals surface area contributed by atoms with Crippen molar-refractivity contribution in [3.63, 3.8) is 0 Å². The van der Waals surface area contributed by atoms with E-state index in [1.54, 1.807) is 19.1 Å². The van der Waals surface area contributed by atoms with E-state index in [1.807, 2.05) is 0 Å². The van der Waals surface area contributed by atoms with Gasteiger partial charge in [-0.15, -0.1) is 0 Å². The van der Waals surface area contributed by atoms with Crippen molar-refractivity contribution < 1.29 is 9.72 Å². The fraction of sp³-hybridized carbons (Fsp3) is 0.300. The van der Waals surface area contributed by atoms with Crippen LogP contribution in [0.3, 0.4) is 0 Å². The van der Waals surface area contributed by atoms with E-state index < -0.39 is 4.92 Å². The van der Waals surface area contributed by atoms with Crippen LogP contribution in [0.5, 0.6) is 0 Å². The number of nitro benzene ring substituents is 1. The molecule has 0 aromatic heterocycles. The molecule has 0 spiro atoms. The van der Waals surface area contributed by atoms with Crippen LogP contribution in [0.2, 0.25) is 0 Å². The van der Waals surface area contributed by atoms with Crippen LogP contribution in [0.4, 0.5) is 5.69 Å². The zero-order valence-corrected chi connectivity index (χ0v) is 9.78. The number of halogens is 1. The molecule has 0 aliphatic carbocycles. The molecule has 0 aliphatic heterocycles. The van der Waals surface area contributed by atoms with Crippen molar-refractivity contribution in [1.82, 2.24) is 0 Å². The first-order valence-electron chi connectivity index (χ1n) is 4.46. The summed E-state index contributed by atoms with van der Waals surface area (Å²) in [5.41, 5.74) is 0.965. The van der Waals surface area contributed by atoms with Crippen molar-refractivity contribution in [2.24, 2.45) is 0 Å². The molecular formula is C10H10BrNO3. The van der Waals surface area contributed by atoms with Crippen LogP contribution in [0, 0.1) is 10.1 Å². The maximum absolute atomic E-state index is 11.4. The highest BCUT2D eigenvalue weighted by Crippen LogP contribution is 2.23. The SMILES string of the molecule is CCC(=O)c1ccc(CBr)c([N+](=O)[O-])c1. The summed E-state index contributed by atoms with van der Waals surface area (Å²) in [5.74, 6) is -0.0841. The average Bonchev–Trinajstić information content (AvgIpc) is 2.27. The van der Waals surface area contributed by atoms with Crippen molar-refractivity contribution in [2.45, 2.75) is 18.7 Å². The molecule has 15 heavy (non-hydrogen) atoms. The number of benzene rings is 1. The molecule has 1 rings (SSSR count). The molecule has 0 saturated carbocycles. The Labute approximate surface area is 95.6 Å². The van der Waals surface area contributed by atoms with Gasteiger partial charge in [0.25, 0.3) is 5.69 Å². The molecule has 0 fully saturated rings. The Balaban J connectivity index is 3.22. The van der Waals surface area contributed by atoms with E-state index >= 15 is 0 Å². The predicted molar refractivity (Wildman–Crippen MR) is 60.3 cm³/mol. The molecule has 1 aromatic rings. The zero-order chi connectivity index (χ0) is 11.4. The third kappa shape index (κ3) is 2.62. The van der Waals surface area contributed by atoms with Crippen molar-refractivity contribution >= 4 is 27.4 Å². The summed E-state index contributed by atoms with van der Waals surface area (Å²) in [4.78, 5) is 21.6. The van der Waals surface area contributed by atoms with Crippen LogP contribution >= 0.6 is 15.9 Å². The second-order valence-corrected chi connectivity index (χ2v) is 3.57. The van der Waals surface area contributed by atoms with Crippen molar-refractivity contribution in [1.29, 1.82) is 0 Å². The van der Waals surface area contributed by atoms with Gasteiger partial charge in [-0.1, -0.05) is 35.0 Å². The normalized spacial score (nSPS) is 10.0. The molecule has 0 amide bonds. The summed E-state index contributed by atoms with van der Waals surface area (Å²) >= 11 is 3.17. The molecule has 0 N–H and O–H groups in total. The van der Waals surface area contributed by atoms with Gasteiger partial charge in [0.15, 0.2) is 5.78 Å². The molecule has 80 valence electrons. The Kier molecular flexibility index (Phi) is 3.96. The van der Waals surface area contributed by atoms with Gasteiger partial charge in [-0.05, 0) is 0 Å². The lowest BCUT2D eigenvalue weighted by Crippen LogP contribution is -2.00. The average molecular weight is 272 g/mol. The highest BCUT2D eigenvalue weighted by atomic mass is 79.9. The lowest BCUT2D eigenvalue weighted by Gasteiger charge is -2.01. The van der Waals surface area contributed by atoms with Gasteiger partial charge in [0.1, 0.15) is 0 Å². The number of carbonyl (C=O) groups is 1. The lowest BCUT2D eigenvalue weighted by atomic mass is 10.1. The highest BCUT2D eigenvalue weighted by Gasteiger charge is 2.15. The van der Waals surface area contributed by atoms with Crippen molar-refractivity contribution in [2.75, 3.05) is 0 Å². The van der Waals surface area contributed by atoms with Gasteiger partial charge >= 0.3 is 0 Å². The van der Waals surface area contributed by atoms with Gasteiger partial charge in [-0.25, -0.2) is 0 Å². The van der Waals surface area contributed by atoms with E-state index in [0.29, 0.717) is 22.9 Å². The Hall–Kier alpha value is -1.23. The lowest BCUT2D eigenvalue weighted by molar-refractivity contribution is -0.385. The summed E-state index contributed by atoms with van der Waals surface area (Å²) in [5, 5.41) is 11.1. The first-order valence-corrected chi connectivity index (χ1v) is 5.58. The smallest absolute Gasteiger partial charge is 0.274 e. The van der Waals surface area contributed by atoms with Gasteiger partial charge in [-0.3, -0.25) is 14.9 Å². The molecule has 1 aromatic carbocycles. The molecule has 0 unspecified atom stereocenters. The fourth-order valence-corrected chi connectivity index (χ4v) is 1.70. The fourth-order valence-electron chi connectivity index (χ4n) is 1.22. The molecule has 0 radical (unpaired) electrons. The summed E-state index contributed by atoms with van der Waals surface area (Å²) < 4.78 is 0. The number of carbonyl (C=O) groups excluding carboxylic acids is 1. The van der Waals surface area contributed by atoms with E-state index in [1.165, 1.54) is 6.07 Å². The predicted octanol–water partition coefficient (Wildman–Crippen LogP) is 3.08. The number of rotatable bonds is 4. The van der Waals surface area contributed by atoms with Crippen LogP contribution < -0.4 is 0 Å². The molecule has 5 heteroatoms. The van der Waals surface area contributed by atoms with Crippen LogP contribution in [0.1, 0.15) is 29.3 Å². The Morgan fingerprint density at radius 1 is 1.53 bits per heavy atom. The molecule has 0 bridgehead atoms. The number of Topliss-reactive ketones (excluding diaryl/α,β-unsaturated/α-hetero) is 1. The summed E-state index contributed by atoms with van der Waals surface area (Å²) in [7, 11) is 0. The van der Waals surface area contributed by atoms with Gasteiger partial charge < -0.3 is 0 Å². The van der Waals surface area contributed by atoms with Gasteiger partial charge in [0.2, 0.25) is 0 Å². The number of nitrogens with zero attached hydrogens (tertiary/aromatic N) is 1.